The molecule has 0 aliphatic carbocycles. The van der Waals surface area contributed by atoms with Crippen molar-refractivity contribution < 1.29 is 22.7 Å². The van der Waals surface area contributed by atoms with Crippen molar-refractivity contribution in [1.82, 2.24) is 10.2 Å². The van der Waals surface area contributed by atoms with E-state index in [0.29, 0.717) is 28.0 Å². The maximum absolute atomic E-state index is 14.0. The molecule has 0 aromatic heterocycles. The Hall–Kier alpha value is -2.98. The molecule has 220 valence electrons. The van der Waals surface area contributed by atoms with Crippen LogP contribution in [0.15, 0.2) is 71.6 Å². The Balaban J connectivity index is 2.04. The fourth-order valence-corrected chi connectivity index (χ4v) is 5.82. The van der Waals surface area contributed by atoms with Gasteiger partial charge in [-0.15, -0.1) is 0 Å². The van der Waals surface area contributed by atoms with Crippen LogP contribution in [0, 0.1) is 0 Å². The van der Waals surface area contributed by atoms with Gasteiger partial charge in [-0.1, -0.05) is 40.9 Å². The Morgan fingerprint density at radius 2 is 1.54 bits per heavy atom. The van der Waals surface area contributed by atoms with Gasteiger partial charge in [-0.2, -0.15) is 0 Å². The number of ether oxygens (including phenoxy) is 1. The fourth-order valence-electron chi connectivity index (χ4n) is 3.96. The highest BCUT2D eigenvalue weighted by atomic mass is 35.5. The van der Waals surface area contributed by atoms with Crippen molar-refractivity contribution in [3.05, 3.63) is 87.4 Å². The molecule has 0 saturated carbocycles. The summed E-state index contributed by atoms with van der Waals surface area (Å²) in [6.45, 7) is 6.87. The number of nitrogens with one attached hydrogen (secondary N) is 1. The normalized spacial score (nSPS) is 12.1. The number of carbonyl (C=O) groups is 2. The van der Waals surface area contributed by atoms with Gasteiger partial charge in [0.2, 0.25) is 11.8 Å². The third-order valence-corrected chi connectivity index (χ3v) is 8.83. The summed E-state index contributed by atoms with van der Waals surface area (Å²) in [5, 5.41) is 3.81. The number of hydrogen-bond acceptors (Lipinski definition) is 5. The second kappa shape index (κ2) is 14.3. The molecule has 0 aliphatic rings. The molecular weight excluding hydrogens is 609 g/mol. The Morgan fingerprint density at radius 3 is 2.10 bits per heavy atom. The second-order valence-corrected chi connectivity index (χ2v) is 12.6. The van der Waals surface area contributed by atoms with Crippen molar-refractivity contribution in [3.63, 3.8) is 0 Å². The van der Waals surface area contributed by atoms with Crippen molar-refractivity contribution in [2.45, 2.75) is 51.2 Å². The number of anilines is 1. The van der Waals surface area contributed by atoms with Crippen molar-refractivity contribution in [2.75, 3.05) is 17.5 Å². The number of amides is 2. The SMILES string of the molecule is CCOc1ccc(N(CC(=O)N(Cc2ccc(Cl)c(Cl)c2)[C@@H](C)C(=O)NC(C)C)S(=O)(=O)c2ccc(Cl)cc2)cc1. The topological polar surface area (TPSA) is 96.0 Å². The van der Waals surface area contributed by atoms with Gasteiger partial charge in [0.1, 0.15) is 18.3 Å². The first-order valence-corrected chi connectivity index (χ1v) is 15.5. The summed E-state index contributed by atoms with van der Waals surface area (Å²) < 4.78 is 34.2. The maximum Gasteiger partial charge on any atom is 0.264 e. The van der Waals surface area contributed by atoms with E-state index in [0.717, 1.165) is 4.31 Å². The molecule has 1 atom stereocenters. The standard InChI is InChI=1S/C29H32Cl3N3O5S/c1-5-40-24-11-9-23(10-12-24)35(41(38,39)25-13-7-22(30)8-14-25)18-28(36)34(20(4)29(37)33-19(2)3)17-21-6-15-26(31)27(32)16-21/h6-16,19-20H,5,17-18H2,1-4H3,(H,33,37)/t20-/m0/s1. The van der Waals surface area contributed by atoms with E-state index < -0.39 is 28.5 Å². The van der Waals surface area contributed by atoms with Crippen LogP contribution in [0.25, 0.3) is 0 Å². The molecule has 3 rings (SSSR count). The zero-order valence-electron chi connectivity index (χ0n) is 23.1. The number of carbonyl (C=O) groups excluding carboxylic acids is 2. The number of hydrogen-bond donors (Lipinski definition) is 1. The second-order valence-electron chi connectivity index (χ2n) is 9.50. The summed E-state index contributed by atoms with van der Waals surface area (Å²) in [4.78, 5) is 28.2. The Kier molecular flexibility index (Phi) is 11.3. The van der Waals surface area contributed by atoms with Gasteiger partial charge in [-0.05, 0) is 93.9 Å². The summed E-state index contributed by atoms with van der Waals surface area (Å²) in [5.74, 6) is -0.442. The molecule has 0 bridgehead atoms. The van der Waals surface area contributed by atoms with Gasteiger partial charge in [0.15, 0.2) is 0 Å². The van der Waals surface area contributed by atoms with Crippen LogP contribution in [0.2, 0.25) is 15.1 Å². The summed E-state index contributed by atoms with van der Waals surface area (Å²) in [6.07, 6.45) is 0. The van der Waals surface area contributed by atoms with Crippen LogP contribution in [0.4, 0.5) is 5.69 Å². The minimum absolute atomic E-state index is 0.0134. The number of rotatable bonds is 12. The first-order valence-electron chi connectivity index (χ1n) is 12.9. The van der Waals surface area contributed by atoms with Gasteiger partial charge >= 0.3 is 0 Å². The Morgan fingerprint density at radius 1 is 0.902 bits per heavy atom. The third-order valence-electron chi connectivity index (χ3n) is 6.05. The lowest BCUT2D eigenvalue weighted by atomic mass is 10.1. The van der Waals surface area contributed by atoms with E-state index in [-0.39, 0.29) is 34.1 Å². The Bertz CT molecular complexity index is 1470. The molecule has 3 aromatic rings. The lowest BCUT2D eigenvalue weighted by Gasteiger charge is -2.32. The van der Waals surface area contributed by atoms with Gasteiger partial charge in [-0.3, -0.25) is 13.9 Å². The van der Waals surface area contributed by atoms with Crippen molar-refractivity contribution in [2.24, 2.45) is 0 Å². The predicted molar refractivity (Wildman–Crippen MR) is 163 cm³/mol. The highest BCUT2D eigenvalue weighted by molar-refractivity contribution is 7.92. The van der Waals surface area contributed by atoms with Crippen LogP contribution < -0.4 is 14.4 Å². The molecule has 2 amide bonds. The van der Waals surface area contributed by atoms with Crippen molar-refractivity contribution in [3.8, 4) is 5.75 Å². The van der Waals surface area contributed by atoms with Crippen molar-refractivity contribution in [1.29, 1.82) is 0 Å². The summed E-state index contributed by atoms with van der Waals surface area (Å²) in [7, 11) is -4.23. The monoisotopic (exact) mass is 639 g/mol. The summed E-state index contributed by atoms with van der Waals surface area (Å²) in [5.41, 5.74) is 0.857. The van der Waals surface area contributed by atoms with Crippen LogP contribution in [0.5, 0.6) is 5.75 Å². The van der Waals surface area contributed by atoms with Crippen molar-refractivity contribution >= 4 is 62.3 Å². The zero-order chi connectivity index (χ0) is 30.3. The van der Waals surface area contributed by atoms with E-state index in [4.69, 9.17) is 39.5 Å². The quantitative estimate of drug-likeness (QED) is 0.255. The maximum atomic E-state index is 14.0. The van der Waals surface area contributed by atoms with Crippen LogP contribution in [-0.2, 0) is 26.2 Å². The summed E-state index contributed by atoms with van der Waals surface area (Å²) >= 11 is 18.3. The Labute approximate surface area is 256 Å². The minimum atomic E-state index is -4.23. The lowest BCUT2D eigenvalue weighted by Crippen LogP contribution is -2.52. The first kappa shape index (κ1) is 32.5. The van der Waals surface area contributed by atoms with E-state index in [1.807, 2.05) is 20.8 Å². The third kappa shape index (κ3) is 8.52. The van der Waals surface area contributed by atoms with E-state index in [2.05, 4.69) is 5.32 Å². The van der Waals surface area contributed by atoms with E-state index in [1.54, 1.807) is 49.4 Å². The fraction of sp³-hybridized carbons (Fsp3) is 0.310. The van der Waals surface area contributed by atoms with Gasteiger partial charge in [0, 0.05) is 17.6 Å². The molecule has 0 saturated heterocycles. The molecule has 0 aliphatic heterocycles. The van der Waals surface area contributed by atoms with Gasteiger partial charge in [0.05, 0.1) is 27.2 Å². The predicted octanol–water partition coefficient (Wildman–Crippen LogP) is 6.18. The first-order chi connectivity index (χ1) is 19.3. The minimum Gasteiger partial charge on any atom is -0.494 e. The van der Waals surface area contributed by atoms with Gasteiger partial charge in [0.25, 0.3) is 10.0 Å². The van der Waals surface area contributed by atoms with Crippen LogP contribution in [-0.4, -0.2) is 50.4 Å². The molecule has 0 unspecified atom stereocenters. The van der Waals surface area contributed by atoms with Gasteiger partial charge < -0.3 is 15.0 Å². The van der Waals surface area contributed by atoms with E-state index >= 15 is 0 Å². The molecule has 3 aromatic carbocycles. The number of halogens is 3. The molecule has 0 radical (unpaired) electrons. The highest BCUT2D eigenvalue weighted by Crippen LogP contribution is 2.28. The van der Waals surface area contributed by atoms with E-state index in [9.17, 15) is 18.0 Å². The molecule has 41 heavy (non-hydrogen) atoms. The molecular formula is C29H32Cl3N3O5S. The molecule has 12 heteroatoms. The lowest BCUT2D eigenvalue weighted by molar-refractivity contribution is -0.139. The van der Waals surface area contributed by atoms with Gasteiger partial charge in [-0.25, -0.2) is 8.42 Å². The largest absolute Gasteiger partial charge is 0.494 e. The highest BCUT2D eigenvalue weighted by Gasteiger charge is 2.32. The zero-order valence-corrected chi connectivity index (χ0v) is 26.2. The molecule has 0 heterocycles. The number of nitrogens with zero attached hydrogens (tertiary/aromatic N) is 2. The van der Waals surface area contributed by atoms with E-state index in [1.165, 1.54) is 29.2 Å². The average Bonchev–Trinajstić information content (AvgIpc) is 2.92. The molecule has 0 spiro atoms. The molecule has 0 fully saturated rings. The van der Waals surface area contributed by atoms with Crippen LogP contribution in [0.1, 0.15) is 33.3 Å². The molecule has 8 nitrogen and oxygen atoms in total. The average molecular weight is 641 g/mol. The smallest absolute Gasteiger partial charge is 0.264 e. The van der Waals surface area contributed by atoms with Crippen LogP contribution >= 0.6 is 34.8 Å². The molecule has 1 N–H and O–H groups in total. The van der Waals surface area contributed by atoms with Crippen LogP contribution in [0.3, 0.4) is 0 Å². The number of sulfonamides is 1. The number of benzene rings is 3. The summed E-state index contributed by atoms with van der Waals surface area (Å²) in [6, 6.07) is 15.8.